The summed E-state index contributed by atoms with van der Waals surface area (Å²) >= 11 is 0. The summed E-state index contributed by atoms with van der Waals surface area (Å²) in [4.78, 5) is 35.6. The van der Waals surface area contributed by atoms with Crippen molar-refractivity contribution >= 4 is 17.9 Å². The number of phenolic OH excluding ortho intramolecular Hbond substituents is 2. The summed E-state index contributed by atoms with van der Waals surface area (Å²) in [5.41, 5.74) is 4.53. The lowest BCUT2D eigenvalue weighted by atomic mass is 9.92. The average molecular weight is 953 g/mol. The standard InChI is InChI=1S/C23H32O6.2C15H18N2O3/c1-4-25-21(24)17-19(12-15-22(26-5-2)27-6-3)18-10-13-20(14-11-18)29-23-9-7-8-16-28-23;1-3-20-15(19)10-13(14-8-9-17(2)16-14)11-4-6-12(18)7-5-11;1-3-20-15(19)10-13(14-8-9-16-17(14)2)11-4-6-12(18)7-5-11/h10-11,13-14,19,22-23H,4-9,16-17H2,1-3H3;2*4-9,13,18H,3,10H2,1-2H3. The molecule has 3 heterocycles. The molecule has 16 nitrogen and oxygen atoms in total. The fourth-order valence-electron chi connectivity index (χ4n) is 7.29. The van der Waals surface area contributed by atoms with E-state index in [1.807, 2.05) is 82.7 Å². The largest absolute Gasteiger partial charge is 0.508 e. The van der Waals surface area contributed by atoms with Gasteiger partial charge in [0.05, 0.1) is 57.3 Å². The summed E-state index contributed by atoms with van der Waals surface area (Å²) in [5.74, 6) is 5.85. The Morgan fingerprint density at radius 3 is 1.68 bits per heavy atom. The van der Waals surface area contributed by atoms with E-state index in [-0.39, 0.29) is 72.7 Å². The Morgan fingerprint density at radius 1 is 0.667 bits per heavy atom. The fraction of sp³-hybridized carbons (Fsp3) is 0.453. The number of aryl methyl sites for hydroxylation is 2. The van der Waals surface area contributed by atoms with Crippen LogP contribution in [0, 0.1) is 11.8 Å². The van der Waals surface area contributed by atoms with Crippen molar-refractivity contribution < 1.29 is 57.8 Å². The van der Waals surface area contributed by atoms with E-state index in [1.54, 1.807) is 72.7 Å². The lowest BCUT2D eigenvalue weighted by Gasteiger charge is -2.23. The number of rotatable bonds is 20. The minimum absolute atomic E-state index is 0.137. The first kappa shape index (κ1) is 54.9. The van der Waals surface area contributed by atoms with Crippen LogP contribution >= 0.6 is 0 Å². The maximum Gasteiger partial charge on any atom is 0.307 e. The molecule has 1 aliphatic heterocycles. The molecule has 69 heavy (non-hydrogen) atoms. The lowest BCUT2D eigenvalue weighted by Crippen LogP contribution is -2.24. The van der Waals surface area contributed by atoms with E-state index in [1.165, 1.54) is 0 Å². The molecule has 0 bridgehead atoms. The molecule has 5 aromatic rings. The molecule has 1 aliphatic rings. The quantitative estimate of drug-likeness (QED) is 0.0327. The van der Waals surface area contributed by atoms with Crippen molar-refractivity contribution in [1.29, 1.82) is 0 Å². The minimum atomic E-state index is -0.610. The van der Waals surface area contributed by atoms with Crippen LogP contribution in [0.1, 0.15) is 119 Å². The summed E-state index contributed by atoms with van der Waals surface area (Å²) < 4.78 is 41.1. The number of phenols is 2. The number of aromatic hydroxyl groups is 2. The van der Waals surface area contributed by atoms with Crippen molar-refractivity contribution in [2.75, 3.05) is 39.6 Å². The molecule has 1 saturated heterocycles. The Bertz CT molecular complexity index is 2320. The highest BCUT2D eigenvalue weighted by atomic mass is 16.7. The Kier molecular flexibility index (Phi) is 23.8. The number of esters is 3. The van der Waals surface area contributed by atoms with Gasteiger partial charge in [0.25, 0.3) is 0 Å². The van der Waals surface area contributed by atoms with E-state index in [2.05, 4.69) is 22.0 Å². The molecule has 0 amide bonds. The monoisotopic (exact) mass is 952 g/mol. The molecule has 0 spiro atoms. The maximum atomic E-state index is 12.1. The smallest absolute Gasteiger partial charge is 0.307 e. The topological polar surface area (TPSA) is 192 Å². The van der Waals surface area contributed by atoms with Crippen molar-refractivity contribution in [2.45, 2.75) is 103 Å². The van der Waals surface area contributed by atoms with Gasteiger partial charge in [0.1, 0.15) is 17.2 Å². The zero-order chi connectivity index (χ0) is 50.0. The molecule has 4 unspecified atom stereocenters. The predicted molar refractivity (Wildman–Crippen MR) is 258 cm³/mol. The number of hydrogen-bond acceptors (Lipinski definition) is 14. The van der Waals surface area contributed by atoms with Crippen LogP contribution in [0.15, 0.2) is 97.3 Å². The Morgan fingerprint density at radius 2 is 1.20 bits per heavy atom. The van der Waals surface area contributed by atoms with Gasteiger partial charge in [-0.25, -0.2) is 0 Å². The first-order chi connectivity index (χ1) is 33.4. The summed E-state index contributed by atoms with van der Waals surface area (Å²) in [6, 6.07) is 25.1. The van der Waals surface area contributed by atoms with E-state index in [0.29, 0.717) is 33.0 Å². The van der Waals surface area contributed by atoms with Gasteiger partial charge in [-0.2, -0.15) is 10.2 Å². The van der Waals surface area contributed by atoms with Gasteiger partial charge in [-0.3, -0.25) is 23.7 Å². The Hall–Kier alpha value is -6.67. The molecular formula is C53H68N4O12. The van der Waals surface area contributed by atoms with E-state index in [4.69, 9.17) is 33.2 Å². The van der Waals surface area contributed by atoms with Crippen LogP contribution in [-0.2, 0) is 56.9 Å². The van der Waals surface area contributed by atoms with Crippen molar-refractivity contribution in [3.05, 3.63) is 125 Å². The Labute approximate surface area is 405 Å². The highest BCUT2D eigenvalue weighted by Crippen LogP contribution is 2.31. The number of hydrogen-bond donors (Lipinski definition) is 2. The summed E-state index contributed by atoms with van der Waals surface area (Å²) in [6.45, 7) is 11.9. The molecule has 0 aliphatic carbocycles. The number of benzene rings is 3. The molecule has 2 aromatic heterocycles. The molecule has 0 radical (unpaired) electrons. The third-order valence-electron chi connectivity index (χ3n) is 10.6. The van der Waals surface area contributed by atoms with E-state index >= 15 is 0 Å². The summed E-state index contributed by atoms with van der Waals surface area (Å²) in [7, 11) is 3.68. The molecule has 16 heteroatoms. The first-order valence-corrected chi connectivity index (χ1v) is 23.5. The molecule has 1 fully saturated rings. The number of carbonyl (C=O) groups excluding carboxylic acids is 3. The third kappa shape index (κ3) is 19.1. The molecule has 2 N–H and O–H groups in total. The van der Waals surface area contributed by atoms with Gasteiger partial charge in [0.15, 0.2) is 6.29 Å². The molecular weight excluding hydrogens is 885 g/mol. The third-order valence-corrected chi connectivity index (χ3v) is 10.6. The van der Waals surface area contributed by atoms with Crippen molar-refractivity contribution in [1.82, 2.24) is 19.6 Å². The van der Waals surface area contributed by atoms with Crippen LogP contribution in [0.5, 0.6) is 17.2 Å². The number of nitrogens with zero attached hydrogens (tertiary/aromatic N) is 4. The van der Waals surface area contributed by atoms with Gasteiger partial charge in [-0.05, 0) is 119 Å². The fourth-order valence-corrected chi connectivity index (χ4v) is 7.29. The molecule has 4 atom stereocenters. The SMILES string of the molecule is CCOC(=O)CC(C#CC(OCC)OCC)c1ccc(OC2CCCCO2)cc1.CCOC(=O)CC(c1ccc(O)cc1)c1ccn(C)n1.CCOC(=O)CC(c1ccc(O)cc1)c1ccnn1C. The van der Waals surface area contributed by atoms with Gasteiger partial charge in [0, 0.05) is 63.7 Å². The van der Waals surface area contributed by atoms with Crippen LogP contribution in [0.25, 0.3) is 0 Å². The summed E-state index contributed by atoms with van der Waals surface area (Å²) in [6.07, 6.45) is 6.48. The second-order valence-electron chi connectivity index (χ2n) is 15.7. The highest BCUT2D eigenvalue weighted by Gasteiger charge is 2.23. The summed E-state index contributed by atoms with van der Waals surface area (Å²) in [5, 5.41) is 27.3. The minimum Gasteiger partial charge on any atom is -0.508 e. The van der Waals surface area contributed by atoms with Gasteiger partial charge in [-0.15, -0.1) is 0 Å². The second kappa shape index (κ2) is 30.0. The average Bonchev–Trinajstić information content (AvgIpc) is 3.98. The van der Waals surface area contributed by atoms with Crippen LogP contribution in [0.4, 0.5) is 0 Å². The molecule has 3 aromatic carbocycles. The van der Waals surface area contributed by atoms with Crippen LogP contribution in [0.3, 0.4) is 0 Å². The van der Waals surface area contributed by atoms with E-state index in [9.17, 15) is 24.6 Å². The zero-order valence-corrected chi connectivity index (χ0v) is 40.9. The van der Waals surface area contributed by atoms with Crippen molar-refractivity contribution in [2.24, 2.45) is 14.1 Å². The van der Waals surface area contributed by atoms with Crippen molar-refractivity contribution in [3.8, 4) is 29.1 Å². The number of carbonyl (C=O) groups is 3. The van der Waals surface area contributed by atoms with Gasteiger partial charge < -0.3 is 43.4 Å². The van der Waals surface area contributed by atoms with Crippen LogP contribution < -0.4 is 4.74 Å². The maximum absolute atomic E-state index is 12.1. The molecule has 0 saturated carbocycles. The molecule has 372 valence electrons. The zero-order valence-electron chi connectivity index (χ0n) is 40.9. The van der Waals surface area contributed by atoms with Crippen LogP contribution in [-0.4, -0.2) is 99.9 Å². The first-order valence-electron chi connectivity index (χ1n) is 23.5. The van der Waals surface area contributed by atoms with E-state index < -0.39 is 6.29 Å². The lowest BCUT2D eigenvalue weighted by molar-refractivity contribution is -0.144. The van der Waals surface area contributed by atoms with Gasteiger partial charge in [-0.1, -0.05) is 42.3 Å². The van der Waals surface area contributed by atoms with Gasteiger partial charge >= 0.3 is 17.9 Å². The molecule has 6 rings (SSSR count). The number of ether oxygens (including phenoxy) is 7. The second-order valence-corrected chi connectivity index (χ2v) is 15.7. The predicted octanol–water partition coefficient (Wildman–Crippen LogP) is 8.45. The number of aromatic nitrogens is 4. The van der Waals surface area contributed by atoms with Crippen LogP contribution in [0.2, 0.25) is 0 Å². The normalized spacial score (nSPS) is 14.3. The van der Waals surface area contributed by atoms with E-state index in [0.717, 1.165) is 59.7 Å². The highest BCUT2D eigenvalue weighted by molar-refractivity contribution is 5.72. The van der Waals surface area contributed by atoms with Gasteiger partial charge in [0.2, 0.25) is 6.29 Å². The Balaban J connectivity index is 0.000000231. The van der Waals surface area contributed by atoms with Crippen molar-refractivity contribution in [3.63, 3.8) is 0 Å².